The molecule has 0 aliphatic carbocycles. The van der Waals surface area contributed by atoms with Gasteiger partial charge in [-0.2, -0.15) is 0 Å². The average molecular weight is 280 g/mol. The maximum Gasteiger partial charge on any atom is 0.270 e. The Labute approximate surface area is 122 Å². The Morgan fingerprint density at radius 1 is 1.29 bits per heavy atom. The van der Waals surface area contributed by atoms with Crippen LogP contribution in [0.25, 0.3) is 11.0 Å². The molecule has 1 N–H and O–H groups in total. The van der Waals surface area contributed by atoms with Crippen LogP contribution in [-0.4, -0.2) is 20.4 Å². The Morgan fingerprint density at radius 2 is 2.14 bits per heavy atom. The first-order valence-corrected chi connectivity index (χ1v) is 6.76. The van der Waals surface area contributed by atoms with Crippen molar-refractivity contribution in [2.45, 2.75) is 13.5 Å². The summed E-state index contributed by atoms with van der Waals surface area (Å²) in [6.45, 7) is 2.43. The summed E-state index contributed by atoms with van der Waals surface area (Å²) in [6, 6.07) is 11.3. The zero-order valence-electron chi connectivity index (χ0n) is 12.0. The number of pyridine rings is 1. The fourth-order valence-electron chi connectivity index (χ4n) is 2.25. The third-order valence-corrected chi connectivity index (χ3v) is 3.52. The Bertz CT molecular complexity index is 793. The first-order chi connectivity index (χ1) is 10.1. The molecular formula is C16H16N4O. The highest BCUT2D eigenvalue weighted by molar-refractivity contribution is 5.92. The average Bonchev–Trinajstić information content (AvgIpc) is 2.80. The van der Waals surface area contributed by atoms with Gasteiger partial charge in [-0.1, -0.05) is 12.1 Å². The lowest BCUT2D eigenvalue weighted by Crippen LogP contribution is -2.23. The van der Waals surface area contributed by atoms with E-state index in [9.17, 15) is 4.79 Å². The smallest absolute Gasteiger partial charge is 0.270 e. The second-order valence-corrected chi connectivity index (χ2v) is 4.94. The van der Waals surface area contributed by atoms with Crippen molar-refractivity contribution in [2.24, 2.45) is 7.05 Å². The van der Waals surface area contributed by atoms with Gasteiger partial charge in [0.05, 0.1) is 11.0 Å². The molecule has 1 amide bonds. The lowest BCUT2D eigenvalue weighted by atomic mass is 10.2. The fourth-order valence-corrected chi connectivity index (χ4v) is 2.25. The van der Waals surface area contributed by atoms with Gasteiger partial charge in [-0.3, -0.25) is 9.78 Å². The summed E-state index contributed by atoms with van der Waals surface area (Å²) in [5, 5.41) is 2.87. The molecule has 0 unspecified atom stereocenters. The van der Waals surface area contributed by atoms with Crippen LogP contribution < -0.4 is 5.32 Å². The van der Waals surface area contributed by atoms with Gasteiger partial charge in [0.1, 0.15) is 11.5 Å². The van der Waals surface area contributed by atoms with Crippen molar-refractivity contribution in [1.29, 1.82) is 0 Å². The Kier molecular flexibility index (Phi) is 3.39. The number of nitrogens with one attached hydrogen (secondary N) is 1. The molecule has 5 nitrogen and oxygen atoms in total. The van der Waals surface area contributed by atoms with E-state index >= 15 is 0 Å². The highest BCUT2D eigenvalue weighted by Crippen LogP contribution is 2.16. The van der Waals surface area contributed by atoms with Gasteiger partial charge in [0, 0.05) is 19.8 Å². The molecular weight excluding hydrogens is 264 g/mol. The summed E-state index contributed by atoms with van der Waals surface area (Å²) in [5.74, 6) is 0.799. The number of rotatable bonds is 3. The lowest BCUT2D eigenvalue weighted by molar-refractivity contribution is 0.0946. The van der Waals surface area contributed by atoms with E-state index in [4.69, 9.17) is 0 Å². The summed E-state index contributed by atoms with van der Waals surface area (Å²) in [5.41, 5.74) is 3.48. The van der Waals surface area contributed by atoms with Gasteiger partial charge >= 0.3 is 0 Å². The highest BCUT2D eigenvalue weighted by atomic mass is 16.1. The summed E-state index contributed by atoms with van der Waals surface area (Å²) < 4.78 is 2.05. The SMILES string of the molecule is Cc1nc2cc(CNC(=O)c3ccccn3)ccc2n1C. The van der Waals surface area contributed by atoms with Gasteiger partial charge in [-0.15, -0.1) is 0 Å². The molecule has 1 aromatic carbocycles. The minimum absolute atomic E-state index is 0.173. The number of amides is 1. The number of fused-ring (bicyclic) bond motifs is 1. The standard InChI is InChI=1S/C16H16N4O/c1-11-19-14-9-12(6-7-15(14)20(11)2)10-18-16(21)13-5-3-4-8-17-13/h3-9H,10H2,1-2H3,(H,18,21). The number of nitrogens with zero attached hydrogens (tertiary/aromatic N) is 3. The van der Waals surface area contributed by atoms with Gasteiger partial charge in [0.15, 0.2) is 0 Å². The molecule has 0 aliphatic heterocycles. The number of benzene rings is 1. The van der Waals surface area contributed by atoms with Gasteiger partial charge < -0.3 is 9.88 Å². The van der Waals surface area contributed by atoms with Crippen LogP contribution >= 0.6 is 0 Å². The summed E-state index contributed by atoms with van der Waals surface area (Å²) in [6.07, 6.45) is 1.61. The van der Waals surface area contributed by atoms with Gasteiger partial charge in [-0.25, -0.2) is 4.98 Å². The molecule has 0 saturated carbocycles. The Balaban J connectivity index is 1.75. The molecule has 0 atom stereocenters. The third kappa shape index (κ3) is 2.63. The molecule has 0 aliphatic rings. The molecule has 0 radical (unpaired) electrons. The zero-order chi connectivity index (χ0) is 14.8. The number of aromatic nitrogens is 3. The van der Waals surface area contributed by atoms with Crippen molar-refractivity contribution in [3.63, 3.8) is 0 Å². The predicted octanol–water partition coefficient (Wildman–Crippen LogP) is 2.21. The molecule has 3 aromatic rings. The predicted molar refractivity (Wildman–Crippen MR) is 80.9 cm³/mol. The zero-order valence-corrected chi connectivity index (χ0v) is 12.0. The van der Waals surface area contributed by atoms with Crippen LogP contribution in [-0.2, 0) is 13.6 Å². The first-order valence-electron chi connectivity index (χ1n) is 6.76. The van der Waals surface area contributed by atoms with E-state index in [1.54, 1.807) is 24.4 Å². The van der Waals surface area contributed by atoms with Crippen molar-refractivity contribution in [3.05, 3.63) is 59.7 Å². The molecule has 2 aromatic heterocycles. The third-order valence-electron chi connectivity index (χ3n) is 3.52. The van der Waals surface area contributed by atoms with Crippen molar-refractivity contribution >= 4 is 16.9 Å². The number of carbonyl (C=O) groups is 1. The van der Waals surface area contributed by atoms with E-state index in [1.165, 1.54) is 0 Å². The number of aryl methyl sites for hydroxylation is 2. The molecule has 0 bridgehead atoms. The van der Waals surface area contributed by atoms with E-state index in [-0.39, 0.29) is 5.91 Å². The number of hydrogen-bond acceptors (Lipinski definition) is 3. The molecule has 2 heterocycles. The fraction of sp³-hybridized carbons (Fsp3) is 0.188. The minimum atomic E-state index is -0.173. The Hall–Kier alpha value is -2.69. The van der Waals surface area contributed by atoms with E-state index in [0.717, 1.165) is 22.4 Å². The molecule has 5 heteroatoms. The van der Waals surface area contributed by atoms with Gasteiger partial charge in [0.25, 0.3) is 5.91 Å². The normalized spacial score (nSPS) is 10.8. The van der Waals surface area contributed by atoms with Crippen molar-refractivity contribution < 1.29 is 4.79 Å². The molecule has 0 saturated heterocycles. The molecule has 106 valence electrons. The second kappa shape index (κ2) is 5.36. The summed E-state index contributed by atoms with van der Waals surface area (Å²) in [4.78, 5) is 20.5. The molecule has 3 rings (SSSR count). The lowest BCUT2D eigenvalue weighted by Gasteiger charge is -2.05. The van der Waals surface area contributed by atoms with Crippen LogP contribution in [0.1, 0.15) is 21.9 Å². The van der Waals surface area contributed by atoms with E-state index in [1.807, 2.05) is 36.7 Å². The molecule has 21 heavy (non-hydrogen) atoms. The van der Waals surface area contributed by atoms with Crippen LogP contribution in [0.4, 0.5) is 0 Å². The van der Waals surface area contributed by atoms with Crippen LogP contribution in [0.15, 0.2) is 42.6 Å². The topological polar surface area (TPSA) is 59.8 Å². The monoisotopic (exact) mass is 280 g/mol. The van der Waals surface area contributed by atoms with Crippen LogP contribution in [0.5, 0.6) is 0 Å². The van der Waals surface area contributed by atoms with E-state index < -0.39 is 0 Å². The van der Waals surface area contributed by atoms with Crippen LogP contribution in [0.2, 0.25) is 0 Å². The maximum absolute atomic E-state index is 11.9. The number of carbonyl (C=O) groups excluding carboxylic acids is 1. The van der Waals surface area contributed by atoms with Crippen LogP contribution in [0.3, 0.4) is 0 Å². The summed E-state index contributed by atoms with van der Waals surface area (Å²) in [7, 11) is 1.99. The van der Waals surface area contributed by atoms with Gasteiger partial charge in [-0.05, 0) is 36.8 Å². The van der Waals surface area contributed by atoms with Crippen molar-refractivity contribution in [3.8, 4) is 0 Å². The quantitative estimate of drug-likeness (QED) is 0.800. The first kappa shape index (κ1) is 13.3. The van der Waals surface area contributed by atoms with Crippen molar-refractivity contribution in [1.82, 2.24) is 19.9 Å². The van der Waals surface area contributed by atoms with Gasteiger partial charge in [0.2, 0.25) is 0 Å². The Morgan fingerprint density at radius 3 is 2.90 bits per heavy atom. The van der Waals surface area contributed by atoms with E-state index in [0.29, 0.717) is 12.2 Å². The molecule has 0 fully saturated rings. The maximum atomic E-state index is 11.9. The number of imidazole rings is 1. The van der Waals surface area contributed by atoms with Crippen molar-refractivity contribution in [2.75, 3.05) is 0 Å². The highest BCUT2D eigenvalue weighted by Gasteiger charge is 2.08. The second-order valence-electron chi connectivity index (χ2n) is 4.94. The molecule has 0 spiro atoms. The largest absolute Gasteiger partial charge is 0.347 e. The summed E-state index contributed by atoms with van der Waals surface area (Å²) >= 11 is 0. The number of hydrogen-bond donors (Lipinski definition) is 1. The minimum Gasteiger partial charge on any atom is -0.347 e. The van der Waals surface area contributed by atoms with E-state index in [2.05, 4.69) is 15.3 Å². The van der Waals surface area contributed by atoms with Crippen LogP contribution in [0, 0.1) is 6.92 Å².